The number of aryl methyl sites for hydroxylation is 2. The Hall–Kier alpha value is -1.68. The number of imidazole rings is 1. The van der Waals surface area contributed by atoms with E-state index >= 15 is 0 Å². The van der Waals surface area contributed by atoms with Gasteiger partial charge in [-0.2, -0.15) is 0 Å². The summed E-state index contributed by atoms with van der Waals surface area (Å²) < 4.78 is 15.7. The van der Waals surface area contributed by atoms with Crippen LogP contribution in [0.3, 0.4) is 0 Å². The summed E-state index contributed by atoms with van der Waals surface area (Å²) >= 11 is 0. The maximum Gasteiger partial charge on any atom is 0.126 e. The van der Waals surface area contributed by atoms with E-state index in [1.54, 1.807) is 12.4 Å². The number of nitrogens with one attached hydrogen (secondary N) is 1. The van der Waals surface area contributed by atoms with E-state index in [1.165, 1.54) is 6.07 Å². The SMILES string of the molecule is CNC(C)(C)c1cncn1CCc1ccccc1F. The standard InChI is InChI=1S/C15H20FN3/c1-15(2,17-3)14-10-18-11-19(14)9-8-12-6-4-5-7-13(12)16/h4-7,10-11,17H,8-9H2,1-3H3. The van der Waals surface area contributed by atoms with Gasteiger partial charge in [-0.3, -0.25) is 0 Å². The third-order valence-corrected chi connectivity index (χ3v) is 3.56. The third-order valence-electron chi connectivity index (χ3n) is 3.56. The fraction of sp³-hybridized carbons (Fsp3) is 0.400. The van der Waals surface area contributed by atoms with Crippen LogP contribution in [0.5, 0.6) is 0 Å². The second kappa shape index (κ2) is 5.53. The van der Waals surface area contributed by atoms with Gasteiger partial charge in [0.05, 0.1) is 17.6 Å². The minimum absolute atomic E-state index is 0.142. The predicted molar refractivity (Wildman–Crippen MR) is 74.4 cm³/mol. The van der Waals surface area contributed by atoms with Gasteiger partial charge >= 0.3 is 0 Å². The normalized spacial score (nSPS) is 11.8. The molecule has 0 spiro atoms. The van der Waals surface area contributed by atoms with Crippen molar-refractivity contribution in [2.24, 2.45) is 0 Å². The molecule has 0 aliphatic heterocycles. The molecular weight excluding hydrogens is 241 g/mol. The Morgan fingerprint density at radius 3 is 2.74 bits per heavy atom. The Bertz CT molecular complexity index is 546. The summed E-state index contributed by atoms with van der Waals surface area (Å²) in [6.45, 7) is 4.93. The van der Waals surface area contributed by atoms with Crippen LogP contribution in [-0.2, 0) is 18.5 Å². The summed E-state index contributed by atoms with van der Waals surface area (Å²) in [5.41, 5.74) is 1.70. The smallest absolute Gasteiger partial charge is 0.126 e. The van der Waals surface area contributed by atoms with E-state index in [4.69, 9.17) is 0 Å². The first-order chi connectivity index (χ1) is 9.04. The van der Waals surface area contributed by atoms with Gasteiger partial charge in [0.25, 0.3) is 0 Å². The van der Waals surface area contributed by atoms with Crippen LogP contribution in [0.1, 0.15) is 25.1 Å². The number of halogens is 1. The quantitative estimate of drug-likeness (QED) is 0.897. The molecule has 2 aromatic rings. The van der Waals surface area contributed by atoms with Crippen molar-refractivity contribution in [1.29, 1.82) is 0 Å². The molecule has 4 heteroatoms. The number of benzene rings is 1. The molecule has 0 aliphatic rings. The molecule has 0 radical (unpaired) electrons. The van der Waals surface area contributed by atoms with Crippen molar-refractivity contribution in [2.45, 2.75) is 32.4 Å². The second-order valence-corrected chi connectivity index (χ2v) is 5.19. The number of hydrogen-bond donors (Lipinski definition) is 1. The van der Waals surface area contributed by atoms with E-state index in [9.17, 15) is 4.39 Å². The van der Waals surface area contributed by atoms with Gasteiger partial charge in [-0.05, 0) is 38.9 Å². The van der Waals surface area contributed by atoms with Crippen LogP contribution < -0.4 is 5.32 Å². The molecule has 1 aromatic carbocycles. The fourth-order valence-electron chi connectivity index (χ4n) is 2.09. The maximum atomic E-state index is 13.6. The molecule has 0 bridgehead atoms. The summed E-state index contributed by atoms with van der Waals surface area (Å²) in [6, 6.07) is 6.91. The van der Waals surface area contributed by atoms with Gasteiger partial charge in [0.1, 0.15) is 5.82 Å². The molecular formula is C15H20FN3. The summed E-state index contributed by atoms with van der Waals surface area (Å²) in [4.78, 5) is 4.20. The van der Waals surface area contributed by atoms with Gasteiger partial charge in [-0.1, -0.05) is 18.2 Å². The molecule has 0 amide bonds. The van der Waals surface area contributed by atoms with E-state index in [-0.39, 0.29) is 11.4 Å². The van der Waals surface area contributed by atoms with E-state index in [1.807, 2.05) is 25.4 Å². The molecule has 0 atom stereocenters. The van der Waals surface area contributed by atoms with Crippen LogP contribution in [-0.4, -0.2) is 16.6 Å². The van der Waals surface area contributed by atoms with Gasteiger partial charge in [0.2, 0.25) is 0 Å². The molecule has 0 unspecified atom stereocenters. The van der Waals surface area contributed by atoms with Gasteiger partial charge in [0.15, 0.2) is 0 Å². The molecule has 1 heterocycles. The summed E-state index contributed by atoms with van der Waals surface area (Å²) in [5, 5.41) is 3.26. The summed E-state index contributed by atoms with van der Waals surface area (Å²) in [6.07, 6.45) is 4.32. The minimum atomic E-state index is -0.147. The lowest BCUT2D eigenvalue weighted by Crippen LogP contribution is -2.35. The Morgan fingerprint density at radius 2 is 2.05 bits per heavy atom. The highest BCUT2D eigenvalue weighted by molar-refractivity contribution is 5.18. The number of nitrogens with zero attached hydrogens (tertiary/aromatic N) is 2. The lowest BCUT2D eigenvalue weighted by molar-refractivity contribution is 0.408. The molecule has 1 N–H and O–H groups in total. The number of aromatic nitrogens is 2. The molecule has 3 nitrogen and oxygen atoms in total. The van der Waals surface area contributed by atoms with Crippen LogP contribution in [0.4, 0.5) is 4.39 Å². The number of rotatable bonds is 5. The zero-order chi connectivity index (χ0) is 13.9. The molecule has 1 aromatic heterocycles. The average molecular weight is 261 g/mol. The average Bonchev–Trinajstić information content (AvgIpc) is 2.87. The van der Waals surface area contributed by atoms with Crippen LogP contribution in [0, 0.1) is 5.82 Å². The highest BCUT2D eigenvalue weighted by Crippen LogP contribution is 2.19. The van der Waals surface area contributed by atoms with Gasteiger partial charge in [-0.15, -0.1) is 0 Å². The lowest BCUT2D eigenvalue weighted by atomic mass is 10.0. The highest BCUT2D eigenvalue weighted by atomic mass is 19.1. The minimum Gasteiger partial charge on any atom is -0.333 e. The van der Waals surface area contributed by atoms with E-state index in [0.29, 0.717) is 6.42 Å². The second-order valence-electron chi connectivity index (χ2n) is 5.19. The van der Waals surface area contributed by atoms with Crippen molar-refractivity contribution in [3.8, 4) is 0 Å². The third kappa shape index (κ3) is 3.01. The van der Waals surface area contributed by atoms with Gasteiger partial charge in [-0.25, -0.2) is 9.37 Å². The molecule has 0 aliphatic carbocycles. The lowest BCUT2D eigenvalue weighted by Gasteiger charge is -2.25. The van der Waals surface area contributed by atoms with Crippen molar-refractivity contribution in [2.75, 3.05) is 7.05 Å². The van der Waals surface area contributed by atoms with E-state index < -0.39 is 0 Å². The first-order valence-electron chi connectivity index (χ1n) is 6.47. The summed E-state index contributed by atoms with van der Waals surface area (Å²) in [7, 11) is 1.92. The fourth-order valence-corrected chi connectivity index (χ4v) is 2.09. The zero-order valence-corrected chi connectivity index (χ0v) is 11.7. The van der Waals surface area contributed by atoms with Crippen molar-refractivity contribution in [3.63, 3.8) is 0 Å². The van der Waals surface area contributed by atoms with Crippen LogP contribution >= 0.6 is 0 Å². The molecule has 19 heavy (non-hydrogen) atoms. The van der Waals surface area contributed by atoms with Crippen LogP contribution in [0.25, 0.3) is 0 Å². The Balaban J connectivity index is 2.13. The van der Waals surface area contributed by atoms with Crippen molar-refractivity contribution < 1.29 is 4.39 Å². The monoisotopic (exact) mass is 261 g/mol. The number of hydrogen-bond acceptors (Lipinski definition) is 2. The zero-order valence-electron chi connectivity index (χ0n) is 11.7. The van der Waals surface area contributed by atoms with Crippen molar-refractivity contribution in [1.82, 2.24) is 14.9 Å². The van der Waals surface area contributed by atoms with Gasteiger partial charge in [0, 0.05) is 12.7 Å². The van der Waals surface area contributed by atoms with Crippen molar-refractivity contribution >= 4 is 0 Å². The van der Waals surface area contributed by atoms with E-state index in [0.717, 1.165) is 17.8 Å². The maximum absolute atomic E-state index is 13.6. The molecule has 0 fully saturated rings. The Kier molecular flexibility index (Phi) is 4.00. The van der Waals surface area contributed by atoms with Crippen molar-refractivity contribution in [3.05, 3.63) is 53.9 Å². The Labute approximate surface area is 113 Å². The van der Waals surface area contributed by atoms with Crippen LogP contribution in [0.15, 0.2) is 36.8 Å². The predicted octanol–water partition coefficient (Wildman–Crippen LogP) is 2.72. The molecule has 0 saturated heterocycles. The topological polar surface area (TPSA) is 29.9 Å². The summed E-state index contributed by atoms with van der Waals surface area (Å²) in [5.74, 6) is -0.142. The molecule has 0 saturated carbocycles. The first-order valence-corrected chi connectivity index (χ1v) is 6.47. The van der Waals surface area contributed by atoms with Crippen LogP contribution in [0.2, 0.25) is 0 Å². The molecule has 2 rings (SSSR count). The van der Waals surface area contributed by atoms with E-state index in [2.05, 4.69) is 28.7 Å². The Morgan fingerprint density at radius 1 is 1.32 bits per heavy atom. The largest absolute Gasteiger partial charge is 0.333 e. The molecule has 102 valence electrons. The highest BCUT2D eigenvalue weighted by Gasteiger charge is 2.21. The van der Waals surface area contributed by atoms with Gasteiger partial charge < -0.3 is 9.88 Å². The first kappa shape index (κ1) is 13.7.